The molecule has 0 aliphatic rings. The highest BCUT2D eigenvalue weighted by atomic mass is 79.9. The molecule has 84 valence electrons. The Morgan fingerprint density at radius 1 is 1.31 bits per heavy atom. The normalized spacial score (nSPS) is 10.6. The van der Waals surface area contributed by atoms with Crippen molar-refractivity contribution in [3.05, 3.63) is 45.7 Å². The van der Waals surface area contributed by atoms with Gasteiger partial charge in [-0.1, -0.05) is 34.1 Å². The van der Waals surface area contributed by atoms with Crippen molar-refractivity contribution in [3.63, 3.8) is 0 Å². The van der Waals surface area contributed by atoms with Crippen LogP contribution in [-0.4, -0.2) is 13.6 Å². The monoisotopic (exact) mass is 295 g/mol. The van der Waals surface area contributed by atoms with Gasteiger partial charge in [0.05, 0.1) is 0 Å². The Kier molecular flexibility index (Phi) is 4.16. The first-order chi connectivity index (χ1) is 7.81. The van der Waals surface area contributed by atoms with E-state index in [2.05, 4.69) is 50.9 Å². The van der Waals surface area contributed by atoms with Crippen LogP contribution in [0.1, 0.15) is 5.56 Å². The highest BCUT2D eigenvalue weighted by molar-refractivity contribution is 9.10. The molecule has 0 spiro atoms. The van der Waals surface area contributed by atoms with Crippen LogP contribution in [0.15, 0.2) is 40.2 Å². The number of hydrogen-bond acceptors (Lipinski definition) is 2. The average molecular weight is 296 g/mol. The second-order valence-electron chi connectivity index (χ2n) is 3.65. The molecule has 2 aromatic rings. The van der Waals surface area contributed by atoms with Gasteiger partial charge in [-0.3, -0.25) is 0 Å². The minimum Gasteiger partial charge on any atom is -0.319 e. The van der Waals surface area contributed by atoms with Gasteiger partial charge in [0.2, 0.25) is 0 Å². The van der Waals surface area contributed by atoms with E-state index in [1.54, 1.807) is 0 Å². The fourth-order valence-corrected chi connectivity index (χ4v) is 3.20. The van der Waals surface area contributed by atoms with E-state index in [1.165, 1.54) is 16.0 Å². The van der Waals surface area contributed by atoms with E-state index < -0.39 is 0 Å². The molecule has 0 saturated carbocycles. The minimum absolute atomic E-state index is 1.03. The number of thiophene rings is 1. The lowest BCUT2D eigenvalue weighted by molar-refractivity contribution is 0.793. The predicted molar refractivity (Wildman–Crippen MR) is 75.1 cm³/mol. The molecule has 2 rings (SSSR count). The Bertz CT molecular complexity index is 464. The fraction of sp³-hybridized carbons (Fsp3) is 0.231. The van der Waals surface area contributed by atoms with Crippen LogP contribution in [0, 0.1) is 0 Å². The summed E-state index contributed by atoms with van der Waals surface area (Å²) in [7, 11) is 1.99. The van der Waals surface area contributed by atoms with Crippen molar-refractivity contribution >= 4 is 27.3 Å². The number of hydrogen-bond donors (Lipinski definition) is 1. The zero-order valence-electron chi connectivity index (χ0n) is 9.16. The lowest BCUT2D eigenvalue weighted by Gasteiger charge is -2.00. The highest BCUT2D eigenvalue weighted by Gasteiger charge is 2.05. The van der Waals surface area contributed by atoms with Gasteiger partial charge >= 0.3 is 0 Å². The van der Waals surface area contributed by atoms with E-state index in [1.807, 2.05) is 24.5 Å². The lowest BCUT2D eigenvalue weighted by atomic mass is 10.1. The van der Waals surface area contributed by atoms with E-state index in [-0.39, 0.29) is 0 Å². The van der Waals surface area contributed by atoms with Gasteiger partial charge in [0.25, 0.3) is 0 Å². The molecular formula is C13H14BrNS. The molecule has 0 saturated heterocycles. The van der Waals surface area contributed by atoms with Crippen molar-refractivity contribution in [2.75, 3.05) is 13.6 Å². The maximum atomic E-state index is 3.59. The number of nitrogens with one attached hydrogen (secondary N) is 1. The van der Waals surface area contributed by atoms with Crippen molar-refractivity contribution in [2.24, 2.45) is 0 Å². The molecule has 1 N–H and O–H groups in total. The molecule has 0 atom stereocenters. The SMILES string of the molecule is CNCCc1csc(-c2ccccc2Br)c1. The van der Waals surface area contributed by atoms with Crippen LogP contribution in [0.3, 0.4) is 0 Å². The first kappa shape index (κ1) is 11.8. The highest BCUT2D eigenvalue weighted by Crippen LogP contribution is 2.32. The number of likely N-dealkylation sites (N-methyl/N-ethyl adjacent to an activating group) is 1. The Morgan fingerprint density at radius 3 is 2.88 bits per heavy atom. The summed E-state index contributed by atoms with van der Waals surface area (Å²) in [5.41, 5.74) is 2.69. The molecule has 0 amide bonds. The van der Waals surface area contributed by atoms with Gasteiger partial charge in [-0.15, -0.1) is 11.3 Å². The maximum absolute atomic E-state index is 3.59. The van der Waals surface area contributed by atoms with Gasteiger partial charge in [0, 0.05) is 14.9 Å². The molecule has 1 heterocycles. The van der Waals surface area contributed by atoms with Gasteiger partial charge < -0.3 is 5.32 Å². The zero-order chi connectivity index (χ0) is 11.4. The first-order valence-electron chi connectivity index (χ1n) is 5.28. The first-order valence-corrected chi connectivity index (χ1v) is 6.95. The van der Waals surface area contributed by atoms with Crippen LogP contribution < -0.4 is 5.32 Å². The number of benzene rings is 1. The van der Waals surface area contributed by atoms with Crippen LogP contribution in [0.25, 0.3) is 10.4 Å². The Hall–Kier alpha value is -0.640. The Balaban J connectivity index is 2.22. The largest absolute Gasteiger partial charge is 0.319 e. The summed E-state index contributed by atoms with van der Waals surface area (Å²) < 4.78 is 1.16. The van der Waals surface area contributed by atoms with Crippen molar-refractivity contribution < 1.29 is 0 Å². The van der Waals surface area contributed by atoms with E-state index in [0.717, 1.165) is 17.4 Å². The second kappa shape index (κ2) is 5.62. The molecule has 0 aliphatic carbocycles. The summed E-state index contributed by atoms with van der Waals surface area (Å²) in [6, 6.07) is 10.6. The zero-order valence-corrected chi connectivity index (χ0v) is 11.6. The van der Waals surface area contributed by atoms with Gasteiger partial charge in [-0.25, -0.2) is 0 Å². The second-order valence-corrected chi connectivity index (χ2v) is 5.42. The summed E-state index contributed by atoms with van der Waals surface area (Å²) in [4.78, 5) is 1.33. The number of rotatable bonds is 4. The minimum atomic E-state index is 1.03. The van der Waals surface area contributed by atoms with Crippen LogP contribution in [-0.2, 0) is 6.42 Å². The van der Waals surface area contributed by atoms with Crippen molar-refractivity contribution in [3.8, 4) is 10.4 Å². The third-order valence-corrected chi connectivity index (χ3v) is 4.16. The summed E-state index contributed by atoms with van der Waals surface area (Å²) in [6.45, 7) is 1.03. The molecule has 3 heteroatoms. The van der Waals surface area contributed by atoms with Gasteiger partial charge in [0.15, 0.2) is 0 Å². The average Bonchev–Trinajstić information content (AvgIpc) is 2.75. The van der Waals surface area contributed by atoms with Gasteiger partial charge in [-0.2, -0.15) is 0 Å². The molecule has 0 fully saturated rings. The van der Waals surface area contributed by atoms with E-state index in [9.17, 15) is 0 Å². The number of halogens is 1. The van der Waals surface area contributed by atoms with E-state index in [0.29, 0.717) is 0 Å². The van der Waals surface area contributed by atoms with Crippen LogP contribution in [0.5, 0.6) is 0 Å². The van der Waals surface area contributed by atoms with Gasteiger partial charge in [-0.05, 0) is 43.1 Å². The van der Waals surface area contributed by atoms with E-state index >= 15 is 0 Å². The lowest BCUT2D eigenvalue weighted by Crippen LogP contribution is -2.09. The van der Waals surface area contributed by atoms with Crippen molar-refractivity contribution in [1.82, 2.24) is 5.32 Å². The Labute approximate surface area is 109 Å². The van der Waals surface area contributed by atoms with Crippen molar-refractivity contribution in [1.29, 1.82) is 0 Å². The standard InChI is InChI=1S/C13H14BrNS/c1-15-7-6-10-8-13(16-9-10)11-4-2-3-5-12(11)14/h2-5,8-9,15H,6-7H2,1H3. The summed E-state index contributed by atoms with van der Waals surface area (Å²) in [6.07, 6.45) is 1.09. The van der Waals surface area contributed by atoms with Crippen molar-refractivity contribution in [2.45, 2.75) is 6.42 Å². The molecule has 0 aliphatic heterocycles. The van der Waals surface area contributed by atoms with Crippen LogP contribution in [0.4, 0.5) is 0 Å². The van der Waals surface area contributed by atoms with Crippen LogP contribution in [0.2, 0.25) is 0 Å². The summed E-state index contributed by atoms with van der Waals surface area (Å²) >= 11 is 5.40. The summed E-state index contributed by atoms with van der Waals surface area (Å²) in [5.74, 6) is 0. The Morgan fingerprint density at radius 2 is 2.12 bits per heavy atom. The third kappa shape index (κ3) is 2.73. The summed E-state index contributed by atoms with van der Waals surface area (Å²) in [5, 5.41) is 5.41. The predicted octanol–water partition coefficient (Wildman–Crippen LogP) is 3.94. The fourth-order valence-electron chi connectivity index (χ4n) is 1.58. The van der Waals surface area contributed by atoms with Gasteiger partial charge in [0.1, 0.15) is 0 Å². The molecule has 0 bridgehead atoms. The third-order valence-electron chi connectivity index (χ3n) is 2.46. The molecular weight excluding hydrogens is 282 g/mol. The van der Waals surface area contributed by atoms with Crippen LogP contribution >= 0.6 is 27.3 Å². The smallest absolute Gasteiger partial charge is 0.0356 e. The maximum Gasteiger partial charge on any atom is 0.0356 e. The van der Waals surface area contributed by atoms with E-state index in [4.69, 9.17) is 0 Å². The molecule has 1 aromatic carbocycles. The molecule has 1 aromatic heterocycles. The molecule has 1 nitrogen and oxygen atoms in total. The molecule has 0 unspecified atom stereocenters. The molecule has 16 heavy (non-hydrogen) atoms. The molecule has 0 radical (unpaired) electrons. The quantitative estimate of drug-likeness (QED) is 0.901. The topological polar surface area (TPSA) is 12.0 Å².